The van der Waals surface area contributed by atoms with Crippen LogP contribution in [0, 0.1) is 0 Å². The molecule has 0 aromatic heterocycles. The van der Waals surface area contributed by atoms with Gasteiger partial charge in [0.25, 0.3) is 0 Å². The van der Waals surface area contributed by atoms with Crippen molar-refractivity contribution >= 4 is 5.71 Å². The van der Waals surface area contributed by atoms with Crippen molar-refractivity contribution in [2.24, 2.45) is 4.99 Å². The summed E-state index contributed by atoms with van der Waals surface area (Å²) in [6, 6.07) is 10.3. The molecule has 2 nitrogen and oxygen atoms in total. The van der Waals surface area contributed by atoms with E-state index in [0.717, 1.165) is 6.42 Å². The molecule has 1 aromatic carbocycles. The van der Waals surface area contributed by atoms with Gasteiger partial charge in [0.2, 0.25) is 0 Å². The van der Waals surface area contributed by atoms with Gasteiger partial charge >= 0.3 is 0 Å². The van der Waals surface area contributed by atoms with Crippen LogP contribution in [0.4, 0.5) is 0 Å². The Hall–Kier alpha value is -1.15. The molecule has 0 aliphatic rings. The minimum absolute atomic E-state index is 1.00. The molecule has 0 spiro atoms. The predicted octanol–water partition coefficient (Wildman–Crippen LogP) is 3.80. The topological polar surface area (TPSA) is 21.6 Å². The molecular weight excluding hydrogens is 198 g/mol. The second kappa shape index (κ2) is 13.8. The Labute approximate surface area is 100 Å². The second-order valence-corrected chi connectivity index (χ2v) is 2.80. The van der Waals surface area contributed by atoms with Gasteiger partial charge in [-0.05, 0) is 12.0 Å². The maximum absolute atomic E-state index is 4.25. The molecule has 1 rings (SSSR count). The van der Waals surface area contributed by atoms with Crippen molar-refractivity contribution in [1.82, 2.24) is 0 Å². The van der Waals surface area contributed by atoms with E-state index in [1.165, 1.54) is 11.3 Å². The van der Waals surface area contributed by atoms with Crippen LogP contribution in [0.25, 0.3) is 0 Å². The molecule has 0 aliphatic carbocycles. The highest BCUT2D eigenvalue weighted by Crippen LogP contribution is 2.03. The average Bonchev–Trinajstić information content (AvgIpc) is 2.36. The summed E-state index contributed by atoms with van der Waals surface area (Å²) in [6.07, 6.45) is 1.00. The number of nitrogens with zero attached hydrogens (tertiary/aromatic N) is 1. The van der Waals surface area contributed by atoms with Crippen LogP contribution in [-0.2, 0) is 4.74 Å². The largest absolute Gasteiger partial charge is 0.388 e. The SMILES string of the molecule is CC.CCC(=NC)c1ccccc1.COC. The van der Waals surface area contributed by atoms with E-state index < -0.39 is 0 Å². The lowest BCUT2D eigenvalue weighted by Gasteiger charge is -2.00. The van der Waals surface area contributed by atoms with E-state index in [4.69, 9.17) is 0 Å². The molecule has 0 radical (unpaired) electrons. The standard InChI is InChI=1S/C10H13N.C2H6O.C2H6/c1-3-10(11-2)9-7-5-4-6-8-9;1-3-2;1-2/h4-8H,3H2,1-2H3;1-2H3;1-2H3. The zero-order chi connectivity index (χ0) is 12.8. The van der Waals surface area contributed by atoms with E-state index in [1.807, 2.05) is 39.1 Å². The fraction of sp³-hybridized carbons (Fsp3) is 0.500. The average molecular weight is 223 g/mol. The summed E-state index contributed by atoms with van der Waals surface area (Å²) in [5, 5.41) is 0. The summed E-state index contributed by atoms with van der Waals surface area (Å²) in [5.41, 5.74) is 2.41. The molecule has 0 heterocycles. The quantitative estimate of drug-likeness (QED) is 0.699. The summed E-state index contributed by atoms with van der Waals surface area (Å²) in [4.78, 5) is 4.19. The fourth-order valence-corrected chi connectivity index (χ4v) is 1.12. The van der Waals surface area contributed by atoms with E-state index in [-0.39, 0.29) is 0 Å². The van der Waals surface area contributed by atoms with Crippen molar-refractivity contribution in [3.8, 4) is 0 Å². The lowest BCUT2D eigenvalue weighted by Crippen LogP contribution is -1.97. The van der Waals surface area contributed by atoms with Crippen LogP contribution in [0.5, 0.6) is 0 Å². The summed E-state index contributed by atoms with van der Waals surface area (Å²) in [7, 11) is 5.09. The van der Waals surface area contributed by atoms with Crippen LogP contribution in [0.2, 0.25) is 0 Å². The van der Waals surface area contributed by atoms with Crippen molar-refractivity contribution in [2.75, 3.05) is 21.3 Å². The lowest BCUT2D eigenvalue weighted by atomic mass is 10.1. The van der Waals surface area contributed by atoms with E-state index in [0.29, 0.717) is 0 Å². The number of hydrogen-bond acceptors (Lipinski definition) is 2. The highest BCUT2D eigenvalue weighted by atomic mass is 16.4. The van der Waals surface area contributed by atoms with Gasteiger partial charge in [0, 0.05) is 27.0 Å². The van der Waals surface area contributed by atoms with Crippen molar-refractivity contribution in [1.29, 1.82) is 0 Å². The van der Waals surface area contributed by atoms with Gasteiger partial charge in [-0.3, -0.25) is 4.99 Å². The first kappa shape index (κ1) is 17.3. The van der Waals surface area contributed by atoms with Gasteiger partial charge in [-0.1, -0.05) is 51.1 Å². The highest BCUT2D eigenvalue weighted by Gasteiger charge is 1.95. The molecule has 1 aromatic rings. The van der Waals surface area contributed by atoms with Gasteiger partial charge in [-0.15, -0.1) is 0 Å². The van der Waals surface area contributed by atoms with Gasteiger partial charge < -0.3 is 4.74 Å². The van der Waals surface area contributed by atoms with Crippen molar-refractivity contribution in [3.63, 3.8) is 0 Å². The van der Waals surface area contributed by atoms with E-state index in [1.54, 1.807) is 14.2 Å². The normalized spacial score (nSPS) is 9.50. The Bertz CT molecular complexity index is 255. The molecule has 0 bridgehead atoms. The van der Waals surface area contributed by atoms with Gasteiger partial charge in [-0.25, -0.2) is 0 Å². The van der Waals surface area contributed by atoms with E-state index in [9.17, 15) is 0 Å². The van der Waals surface area contributed by atoms with E-state index >= 15 is 0 Å². The third-order valence-corrected chi connectivity index (χ3v) is 1.71. The lowest BCUT2D eigenvalue weighted by molar-refractivity contribution is 0.277. The first-order chi connectivity index (χ1) is 7.79. The molecule has 0 saturated carbocycles. The maximum Gasteiger partial charge on any atom is 0.0414 e. The summed E-state index contributed by atoms with van der Waals surface area (Å²) in [5.74, 6) is 0. The molecule has 0 atom stereocenters. The maximum atomic E-state index is 4.25. The fourth-order valence-electron chi connectivity index (χ4n) is 1.12. The van der Waals surface area contributed by atoms with Crippen LogP contribution >= 0.6 is 0 Å². The molecule has 0 fully saturated rings. The van der Waals surface area contributed by atoms with Crippen LogP contribution in [0.3, 0.4) is 0 Å². The van der Waals surface area contributed by atoms with Crippen molar-refractivity contribution in [3.05, 3.63) is 35.9 Å². The smallest absolute Gasteiger partial charge is 0.0414 e. The van der Waals surface area contributed by atoms with Crippen LogP contribution < -0.4 is 0 Å². The highest BCUT2D eigenvalue weighted by molar-refractivity contribution is 6.00. The first-order valence-corrected chi connectivity index (χ1v) is 5.71. The Morgan fingerprint density at radius 3 is 1.88 bits per heavy atom. The second-order valence-electron chi connectivity index (χ2n) is 2.80. The molecule has 2 heteroatoms. The minimum Gasteiger partial charge on any atom is -0.388 e. The van der Waals surface area contributed by atoms with Crippen LogP contribution in [-0.4, -0.2) is 27.0 Å². The zero-order valence-electron chi connectivity index (χ0n) is 11.4. The van der Waals surface area contributed by atoms with Gasteiger partial charge in [-0.2, -0.15) is 0 Å². The monoisotopic (exact) mass is 223 g/mol. The van der Waals surface area contributed by atoms with Crippen LogP contribution in [0.1, 0.15) is 32.8 Å². The minimum atomic E-state index is 1.00. The van der Waals surface area contributed by atoms with Gasteiger partial charge in [0.05, 0.1) is 0 Å². The number of benzene rings is 1. The predicted molar refractivity (Wildman–Crippen MR) is 73.5 cm³/mol. The third kappa shape index (κ3) is 8.18. The number of methoxy groups -OCH3 is 1. The van der Waals surface area contributed by atoms with E-state index in [2.05, 4.69) is 28.8 Å². The first-order valence-electron chi connectivity index (χ1n) is 5.71. The van der Waals surface area contributed by atoms with Crippen molar-refractivity contribution in [2.45, 2.75) is 27.2 Å². The van der Waals surface area contributed by atoms with Gasteiger partial charge in [0.15, 0.2) is 0 Å². The van der Waals surface area contributed by atoms with Crippen molar-refractivity contribution < 1.29 is 4.74 Å². The van der Waals surface area contributed by atoms with Gasteiger partial charge in [0.1, 0.15) is 0 Å². The molecule has 0 aliphatic heterocycles. The Morgan fingerprint density at radius 1 is 1.12 bits per heavy atom. The molecule has 92 valence electrons. The van der Waals surface area contributed by atoms with Crippen LogP contribution in [0.15, 0.2) is 35.3 Å². The molecule has 0 N–H and O–H groups in total. The molecule has 16 heavy (non-hydrogen) atoms. The Kier molecular flexibility index (Phi) is 14.9. The molecular formula is C14H25NO. The summed E-state index contributed by atoms with van der Waals surface area (Å²) >= 11 is 0. The Morgan fingerprint density at radius 2 is 1.56 bits per heavy atom. The molecule has 0 unspecified atom stereocenters. The summed E-state index contributed by atoms with van der Waals surface area (Å²) < 4.78 is 4.25. The number of hydrogen-bond donors (Lipinski definition) is 0. The third-order valence-electron chi connectivity index (χ3n) is 1.71. The molecule has 0 saturated heterocycles. The number of aliphatic imine (C=N–C) groups is 1. The summed E-state index contributed by atoms with van der Waals surface area (Å²) in [6.45, 7) is 6.12. The number of ether oxygens (including phenoxy) is 1. The number of rotatable bonds is 2. The zero-order valence-corrected chi connectivity index (χ0v) is 11.4. The molecule has 0 amide bonds. The Balaban J connectivity index is 0.